The van der Waals surface area contributed by atoms with Gasteiger partial charge in [0.15, 0.2) is 0 Å². The molecule has 0 aromatic heterocycles. The van der Waals surface area contributed by atoms with Gasteiger partial charge in [-0.3, -0.25) is 4.90 Å². The van der Waals surface area contributed by atoms with Gasteiger partial charge >= 0.3 is 0 Å². The third kappa shape index (κ3) is 5.44. The Bertz CT molecular complexity index is 497. The number of benzene rings is 1. The van der Waals surface area contributed by atoms with Crippen LogP contribution in [0.25, 0.3) is 0 Å². The Balaban J connectivity index is 1.39. The summed E-state index contributed by atoms with van der Waals surface area (Å²) < 4.78 is 5.64. The highest BCUT2D eigenvalue weighted by Crippen LogP contribution is 2.26. The van der Waals surface area contributed by atoms with Gasteiger partial charge in [0.1, 0.15) is 5.75 Å². The lowest BCUT2D eigenvalue weighted by molar-refractivity contribution is 0.00714. The molecule has 0 radical (unpaired) electrons. The Kier molecular flexibility index (Phi) is 7.14. The molecule has 1 aromatic rings. The second-order valence-corrected chi connectivity index (χ2v) is 7.60. The molecule has 3 rings (SSSR count). The predicted octanol–water partition coefficient (Wildman–Crippen LogP) is 3.33. The molecule has 2 unspecified atom stereocenters. The van der Waals surface area contributed by atoms with Crippen LogP contribution in [0.15, 0.2) is 24.3 Å². The number of hydrogen-bond acceptors (Lipinski definition) is 4. The number of piperidine rings is 1. The molecule has 0 amide bonds. The number of hydrogen-bond donors (Lipinski definition) is 2. The summed E-state index contributed by atoms with van der Waals surface area (Å²) in [5, 5.41) is 14.0. The minimum Gasteiger partial charge on any atom is -0.494 e. The minimum absolute atomic E-state index is 0.105. The molecule has 2 aliphatic rings. The van der Waals surface area contributed by atoms with Gasteiger partial charge in [-0.25, -0.2) is 0 Å². The van der Waals surface area contributed by atoms with Gasteiger partial charge in [0, 0.05) is 31.7 Å². The summed E-state index contributed by atoms with van der Waals surface area (Å²) in [6, 6.07) is 9.45. The van der Waals surface area contributed by atoms with Crippen molar-refractivity contribution in [2.45, 2.75) is 76.6 Å². The summed E-state index contributed by atoms with van der Waals surface area (Å²) in [6.07, 6.45) is 7.93. The second-order valence-electron chi connectivity index (χ2n) is 7.60. The van der Waals surface area contributed by atoms with Crippen LogP contribution in [0.1, 0.15) is 57.4 Å². The Hall–Kier alpha value is -1.10. The summed E-state index contributed by atoms with van der Waals surface area (Å²) in [5.74, 6) is 0.963. The van der Waals surface area contributed by atoms with E-state index in [1.54, 1.807) is 0 Å². The van der Waals surface area contributed by atoms with Crippen molar-refractivity contribution in [2.75, 3.05) is 19.7 Å². The van der Waals surface area contributed by atoms with Crippen LogP contribution in [-0.4, -0.2) is 47.9 Å². The molecule has 2 atom stereocenters. The first-order valence-electron chi connectivity index (χ1n) is 10.1. The fourth-order valence-electron chi connectivity index (χ4n) is 4.14. The van der Waals surface area contributed by atoms with Crippen LogP contribution in [0.2, 0.25) is 0 Å². The monoisotopic (exact) mass is 346 g/mol. The largest absolute Gasteiger partial charge is 0.494 e. The molecule has 1 saturated carbocycles. The summed E-state index contributed by atoms with van der Waals surface area (Å²) in [5.41, 5.74) is 1.31. The first kappa shape index (κ1) is 18.7. The van der Waals surface area contributed by atoms with E-state index in [1.807, 2.05) is 0 Å². The topological polar surface area (TPSA) is 44.7 Å². The lowest BCUT2D eigenvalue weighted by Gasteiger charge is -2.41. The molecule has 1 saturated heterocycles. The summed E-state index contributed by atoms with van der Waals surface area (Å²) in [4.78, 5) is 2.53. The van der Waals surface area contributed by atoms with Crippen LogP contribution < -0.4 is 10.1 Å². The average molecular weight is 347 g/mol. The van der Waals surface area contributed by atoms with E-state index in [1.165, 1.54) is 37.7 Å². The minimum atomic E-state index is -0.105. The lowest BCUT2D eigenvalue weighted by atomic mass is 9.89. The van der Waals surface area contributed by atoms with E-state index in [2.05, 4.69) is 41.4 Å². The number of aliphatic hydroxyl groups excluding tert-OH is 1. The van der Waals surface area contributed by atoms with E-state index in [4.69, 9.17) is 4.74 Å². The van der Waals surface area contributed by atoms with Crippen molar-refractivity contribution in [3.8, 4) is 5.75 Å². The quantitative estimate of drug-likeness (QED) is 0.795. The van der Waals surface area contributed by atoms with Crippen LogP contribution in [0, 0.1) is 0 Å². The molecule has 4 heteroatoms. The molecule has 2 N–H and O–H groups in total. The molecule has 4 nitrogen and oxygen atoms in total. The molecule has 1 heterocycles. The van der Waals surface area contributed by atoms with Gasteiger partial charge in [-0.15, -0.1) is 0 Å². The van der Waals surface area contributed by atoms with Gasteiger partial charge in [0.05, 0.1) is 12.7 Å². The normalized spacial score (nSPS) is 25.8. The Morgan fingerprint density at radius 3 is 2.48 bits per heavy atom. The summed E-state index contributed by atoms with van der Waals surface area (Å²) >= 11 is 0. The number of likely N-dealkylation sites (tertiary alicyclic amines) is 1. The van der Waals surface area contributed by atoms with Gasteiger partial charge in [-0.1, -0.05) is 31.9 Å². The maximum atomic E-state index is 10.2. The first-order chi connectivity index (χ1) is 12.3. The van der Waals surface area contributed by atoms with E-state index in [0.29, 0.717) is 12.1 Å². The lowest BCUT2D eigenvalue weighted by Crippen LogP contribution is -2.51. The van der Waals surface area contributed by atoms with Crippen molar-refractivity contribution < 1.29 is 9.84 Å². The zero-order valence-corrected chi connectivity index (χ0v) is 15.6. The van der Waals surface area contributed by atoms with Gasteiger partial charge in [0.25, 0.3) is 0 Å². The molecule has 2 fully saturated rings. The molecule has 0 spiro atoms. The standard InChI is InChI=1S/C21H34N2O2/c1-2-15-25-19-9-7-17(8-10-19)16-22-18-11-13-23(14-12-18)20-5-3-4-6-21(20)24/h7-10,18,20-22,24H,2-6,11-16H2,1H3. The van der Waals surface area contributed by atoms with E-state index in [9.17, 15) is 5.11 Å². The van der Waals surface area contributed by atoms with E-state index < -0.39 is 0 Å². The second kappa shape index (κ2) is 9.56. The molecule has 0 bridgehead atoms. The number of aliphatic hydroxyl groups is 1. The third-order valence-corrected chi connectivity index (χ3v) is 5.68. The predicted molar refractivity (Wildman–Crippen MR) is 102 cm³/mol. The molecular formula is C21H34N2O2. The highest BCUT2D eigenvalue weighted by atomic mass is 16.5. The van der Waals surface area contributed by atoms with Crippen LogP contribution in [-0.2, 0) is 6.54 Å². The van der Waals surface area contributed by atoms with Crippen LogP contribution >= 0.6 is 0 Å². The van der Waals surface area contributed by atoms with Crippen molar-refractivity contribution in [1.29, 1.82) is 0 Å². The zero-order chi connectivity index (χ0) is 17.5. The molecule has 25 heavy (non-hydrogen) atoms. The molecular weight excluding hydrogens is 312 g/mol. The third-order valence-electron chi connectivity index (χ3n) is 5.68. The van der Waals surface area contributed by atoms with Crippen molar-refractivity contribution >= 4 is 0 Å². The first-order valence-corrected chi connectivity index (χ1v) is 10.1. The van der Waals surface area contributed by atoms with Gasteiger partial charge in [-0.05, 0) is 49.8 Å². The van der Waals surface area contributed by atoms with E-state index in [0.717, 1.165) is 44.8 Å². The fourth-order valence-corrected chi connectivity index (χ4v) is 4.14. The highest BCUT2D eigenvalue weighted by Gasteiger charge is 2.31. The van der Waals surface area contributed by atoms with Crippen LogP contribution in [0.4, 0.5) is 0 Å². The number of rotatable bonds is 7. The smallest absolute Gasteiger partial charge is 0.119 e. The number of nitrogens with zero attached hydrogens (tertiary/aromatic N) is 1. The van der Waals surface area contributed by atoms with E-state index in [-0.39, 0.29) is 6.10 Å². The maximum Gasteiger partial charge on any atom is 0.119 e. The van der Waals surface area contributed by atoms with Gasteiger partial charge < -0.3 is 15.2 Å². The van der Waals surface area contributed by atoms with E-state index >= 15 is 0 Å². The van der Waals surface area contributed by atoms with Crippen molar-refractivity contribution in [3.05, 3.63) is 29.8 Å². The highest BCUT2D eigenvalue weighted by molar-refractivity contribution is 5.27. The van der Waals surface area contributed by atoms with Crippen LogP contribution in [0.3, 0.4) is 0 Å². The zero-order valence-electron chi connectivity index (χ0n) is 15.6. The Morgan fingerprint density at radius 2 is 1.80 bits per heavy atom. The SMILES string of the molecule is CCCOc1ccc(CNC2CCN(C3CCCCC3O)CC2)cc1. The number of ether oxygens (including phenoxy) is 1. The van der Waals surface area contributed by atoms with Gasteiger partial charge in [0.2, 0.25) is 0 Å². The Labute approximate surface area is 152 Å². The summed E-state index contributed by atoms with van der Waals surface area (Å²) in [7, 11) is 0. The van der Waals surface area contributed by atoms with Crippen molar-refractivity contribution in [3.63, 3.8) is 0 Å². The molecule has 1 aliphatic heterocycles. The van der Waals surface area contributed by atoms with Crippen molar-refractivity contribution in [2.24, 2.45) is 0 Å². The molecule has 1 aliphatic carbocycles. The maximum absolute atomic E-state index is 10.2. The summed E-state index contributed by atoms with van der Waals surface area (Å²) in [6.45, 7) is 6.06. The molecule has 1 aromatic carbocycles. The Morgan fingerprint density at radius 1 is 1.08 bits per heavy atom. The van der Waals surface area contributed by atoms with Crippen LogP contribution in [0.5, 0.6) is 5.75 Å². The fraction of sp³-hybridized carbons (Fsp3) is 0.714. The number of nitrogens with one attached hydrogen (secondary N) is 1. The van der Waals surface area contributed by atoms with Crippen molar-refractivity contribution in [1.82, 2.24) is 10.2 Å². The average Bonchev–Trinajstić information content (AvgIpc) is 2.66. The molecule has 140 valence electrons. The van der Waals surface area contributed by atoms with Gasteiger partial charge in [-0.2, -0.15) is 0 Å².